The highest BCUT2D eigenvalue weighted by molar-refractivity contribution is 5.91. The molecule has 0 fully saturated rings. The summed E-state index contributed by atoms with van der Waals surface area (Å²) >= 11 is 0. The van der Waals surface area contributed by atoms with Gasteiger partial charge in [0.05, 0.1) is 0 Å². The van der Waals surface area contributed by atoms with Crippen LogP contribution in [0.5, 0.6) is 0 Å². The lowest BCUT2D eigenvalue weighted by atomic mass is 10.1. The molecule has 7 nitrogen and oxygen atoms in total. The predicted octanol–water partition coefficient (Wildman–Crippen LogP) is 1.37. The lowest BCUT2D eigenvalue weighted by molar-refractivity contribution is -0.139. The molecule has 2 rings (SSSR count). The van der Waals surface area contributed by atoms with Crippen molar-refractivity contribution in [3.63, 3.8) is 0 Å². The first-order valence-corrected chi connectivity index (χ1v) is 5.91. The van der Waals surface area contributed by atoms with Gasteiger partial charge in [-0.05, 0) is 5.56 Å². The van der Waals surface area contributed by atoms with Crippen LogP contribution < -0.4 is 10.6 Å². The molecule has 7 heteroatoms. The van der Waals surface area contributed by atoms with Crippen molar-refractivity contribution in [1.82, 2.24) is 15.1 Å². The van der Waals surface area contributed by atoms with Crippen LogP contribution in [0.2, 0.25) is 0 Å². The van der Waals surface area contributed by atoms with Crippen molar-refractivity contribution >= 4 is 17.8 Å². The molecule has 0 unspecified atom stereocenters. The number of rotatable bonds is 4. The minimum Gasteiger partial charge on any atom is -0.479 e. The largest absolute Gasteiger partial charge is 0.479 e. The fourth-order valence-corrected chi connectivity index (χ4v) is 1.70. The molecule has 0 aliphatic heterocycles. The summed E-state index contributed by atoms with van der Waals surface area (Å²) in [6, 6.07) is 8.35. The van der Waals surface area contributed by atoms with Gasteiger partial charge in [0.25, 0.3) is 0 Å². The van der Waals surface area contributed by atoms with E-state index in [2.05, 4.69) is 15.7 Å². The predicted molar refractivity (Wildman–Crippen MR) is 72.2 cm³/mol. The molecule has 1 heterocycles. The number of amides is 2. The van der Waals surface area contributed by atoms with E-state index in [0.717, 1.165) is 0 Å². The van der Waals surface area contributed by atoms with Crippen LogP contribution in [0.1, 0.15) is 11.6 Å². The molecular weight excluding hydrogens is 260 g/mol. The van der Waals surface area contributed by atoms with Gasteiger partial charge < -0.3 is 10.4 Å². The highest BCUT2D eigenvalue weighted by atomic mass is 16.4. The first kappa shape index (κ1) is 13.6. The molecule has 0 radical (unpaired) electrons. The van der Waals surface area contributed by atoms with Crippen molar-refractivity contribution in [2.75, 3.05) is 5.32 Å². The standard InChI is InChI=1S/C13H14N4O3/c1-17-8-7-10(16-17)14-13(20)15-11(12(18)19)9-5-3-2-4-6-9/h2-8,11H,1H3,(H,18,19)(H2,14,15,16,20)/t11-/m1/s1. The average molecular weight is 274 g/mol. The number of aryl methyl sites for hydroxylation is 1. The fraction of sp³-hybridized carbons (Fsp3) is 0.154. The molecular formula is C13H14N4O3. The molecule has 2 aromatic rings. The number of hydrogen-bond acceptors (Lipinski definition) is 3. The van der Waals surface area contributed by atoms with Crippen molar-refractivity contribution in [1.29, 1.82) is 0 Å². The molecule has 0 bridgehead atoms. The maximum absolute atomic E-state index is 11.8. The molecule has 0 aliphatic rings. The Balaban J connectivity index is 2.05. The van der Waals surface area contributed by atoms with E-state index in [1.807, 2.05) is 0 Å². The van der Waals surface area contributed by atoms with Crippen molar-refractivity contribution in [3.05, 3.63) is 48.2 Å². The second kappa shape index (κ2) is 5.87. The number of carboxylic acids is 1. The van der Waals surface area contributed by atoms with Gasteiger partial charge >= 0.3 is 12.0 Å². The summed E-state index contributed by atoms with van der Waals surface area (Å²) in [6.07, 6.45) is 1.67. The van der Waals surface area contributed by atoms with Crippen LogP contribution >= 0.6 is 0 Å². The molecule has 0 aliphatic carbocycles. The Kier molecular flexibility index (Phi) is 3.99. The topological polar surface area (TPSA) is 96.2 Å². The van der Waals surface area contributed by atoms with E-state index in [4.69, 9.17) is 0 Å². The zero-order valence-electron chi connectivity index (χ0n) is 10.8. The number of aromatic nitrogens is 2. The SMILES string of the molecule is Cn1ccc(NC(=O)N[C@@H](C(=O)O)c2ccccc2)n1. The Morgan fingerprint density at radius 3 is 2.50 bits per heavy atom. The molecule has 0 spiro atoms. The van der Waals surface area contributed by atoms with Gasteiger partial charge in [-0.3, -0.25) is 10.00 Å². The molecule has 2 amide bonds. The van der Waals surface area contributed by atoms with Crippen LogP contribution in [0, 0.1) is 0 Å². The normalized spacial score (nSPS) is 11.7. The summed E-state index contributed by atoms with van der Waals surface area (Å²) in [5, 5.41) is 18.0. The summed E-state index contributed by atoms with van der Waals surface area (Å²) in [5.74, 6) is -0.783. The van der Waals surface area contributed by atoms with E-state index in [-0.39, 0.29) is 0 Å². The number of nitrogens with zero attached hydrogens (tertiary/aromatic N) is 2. The Morgan fingerprint density at radius 2 is 1.95 bits per heavy atom. The molecule has 1 aromatic carbocycles. The van der Waals surface area contributed by atoms with Gasteiger partial charge in [0, 0.05) is 19.3 Å². The molecule has 0 saturated carbocycles. The molecule has 20 heavy (non-hydrogen) atoms. The third kappa shape index (κ3) is 3.35. The summed E-state index contributed by atoms with van der Waals surface area (Å²) in [7, 11) is 1.72. The van der Waals surface area contributed by atoms with Crippen LogP contribution in [0.15, 0.2) is 42.6 Å². The number of carboxylic acid groups (broad SMARTS) is 1. The number of anilines is 1. The summed E-state index contributed by atoms with van der Waals surface area (Å²) < 4.78 is 1.53. The first-order chi connectivity index (χ1) is 9.56. The van der Waals surface area contributed by atoms with Gasteiger partial charge in [0.1, 0.15) is 0 Å². The van der Waals surface area contributed by atoms with Crippen molar-refractivity contribution in [2.45, 2.75) is 6.04 Å². The molecule has 1 aromatic heterocycles. The summed E-state index contributed by atoms with van der Waals surface area (Å²) in [5.41, 5.74) is 0.496. The van der Waals surface area contributed by atoms with Gasteiger partial charge in [-0.2, -0.15) is 5.10 Å². The molecule has 3 N–H and O–H groups in total. The quantitative estimate of drug-likeness (QED) is 0.784. The highest BCUT2D eigenvalue weighted by Gasteiger charge is 2.21. The smallest absolute Gasteiger partial charge is 0.330 e. The Hall–Kier alpha value is -2.83. The minimum atomic E-state index is -1.13. The van der Waals surface area contributed by atoms with Gasteiger partial charge in [-0.15, -0.1) is 0 Å². The van der Waals surface area contributed by atoms with Crippen LogP contribution in [0.25, 0.3) is 0 Å². The number of hydrogen-bond donors (Lipinski definition) is 3. The lowest BCUT2D eigenvalue weighted by Gasteiger charge is -2.14. The summed E-state index contributed by atoms with van der Waals surface area (Å²) in [6.45, 7) is 0. The van der Waals surface area contributed by atoms with Crippen molar-refractivity contribution in [3.8, 4) is 0 Å². The van der Waals surface area contributed by atoms with E-state index < -0.39 is 18.0 Å². The van der Waals surface area contributed by atoms with E-state index >= 15 is 0 Å². The van der Waals surface area contributed by atoms with Gasteiger partial charge in [-0.25, -0.2) is 9.59 Å². The van der Waals surface area contributed by atoms with E-state index in [0.29, 0.717) is 11.4 Å². The number of nitrogens with one attached hydrogen (secondary N) is 2. The van der Waals surface area contributed by atoms with Crippen LogP contribution in [0.4, 0.5) is 10.6 Å². The second-order valence-corrected chi connectivity index (χ2v) is 4.16. The second-order valence-electron chi connectivity index (χ2n) is 4.16. The summed E-state index contributed by atoms with van der Waals surface area (Å²) in [4.78, 5) is 23.0. The Bertz CT molecular complexity index is 609. The Labute approximate surface area is 115 Å². The maximum atomic E-state index is 11.8. The maximum Gasteiger partial charge on any atom is 0.330 e. The van der Waals surface area contributed by atoms with Crippen LogP contribution in [0.3, 0.4) is 0 Å². The number of benzene rings is 1. The first-order valence-electron chi connectivity index (χ1n) is 5.91. The van der Waals surface area contributed by atoms with E-state index in [1.165, 1.54) is 4.68 Å². The third-order valence-corrected chi connectivity index (χ3v) is 2.61. The molecule has 104 valence electrons. The number of carbonyl (C=O) groups excluding carboxylic acids is 1. The number of carbonyl (C=O) groups is 2. The number of urea groups is 1. The fourth-order valence-electron chi connectivity index (χ4n) is 1.70. The van der Waals surface area contributed by atoms with E-state index in [9.17, 15) is 14.7 Å². The average Bonchev–Trinajstić information content (AvgIpc) is 2.82. The monoisotopic (exact) mass is 274 g/mol. The van der Waals surface area contributed by atoms with Gasteiger partial charge in [0.15, 0.2) is 11.9 Å². The lowest BCUT2D eigenvalue weighted by Crippen LogP contribution is -2.36. The zero-order chi connectivity index (χ0) is 14.5. The van der Waals surface area contributed by atoms with Crippen molar-refractivity contribution in [2.24, 2.45) is 7.05 Å². The van der Waals surface area contributed by atoms with Crippen LogP contribution in [-0.4, -0.2) is 26.9 Å². The Morgan fingerprint density at radius 1 is 1.25 bits per heavy atom. The third-order valence-electron chi connectivity index (χ3n) is 2.61. The van der Waals surface area contributed by atoms with Crippen molar-refractivity contribution < 1.29 is 14.7 Å². The van der Waals surface area contributed by atoms with Gasteiger partial charge in [-0.1, -0.05) is 30.3 Å². The molecule has 1 atom stereocenters. The number of aliphatic carboxylic acids is 1. The molecule has 0 saturated heterocycles. The highest BCUT2D eigenvalue weighted by Crippen LogP contribution is 2.13. The zero-order valence-corrected chi connectivity index (χ0v) is 10.8. The van der Waals surface area contributed by atoms with E-state index in [1.54, 1.807) is 49.6 Å². The van der Waals surface area contributed by atoms with Gasteiger partial charge in [0.2, 0.25) is 0 Å². The van der Waals surface area contributed by atoms with Crippen LogP contribution in [-0.2, 0) is 11.8 Å². The minimum absolute atomic E-state index is 0.349.